The number of aromatic nitrogens is 2. The van der Waals surface area contributed by atoms with Crippen LogP contribution in [0.1, 0.15) is 24.8 Å². The first-order chi connectivity index (χ1) is 12.1. The number of aryl methyl sites for hydroxylation is 1. The van der Waals surface area contributed by atoms with Crippen molar-refractivity contribution < 1.29 is 14.3 Å². The van der Waals surface area contributed by atoms with Gasteiger partial charge in [-0.25, -0.2) is 0 Å². The molecule has 1 N–H and O–H groups in total. The van der Waals surface area contributed by atoms with Gasteiger partial charge < -0.3 is 15.0 Å². The molecular weight excluding hydrogens is 340 g/mol. The summed E-state index contributed by atoms with van der Waals surface area (Å²) in [6.45, 7) is 2.43. The highest BCUT2D eigenvalue weighted by atomic mass is 32.1. The van der Waals surface area contributed by atoms with Crippen molar-refractivity contribution in [2.75, 3.05) is 23.9 Å². The normalized spacial score (nSPS) is 17.0. The van der Waals surface area contributed by atoms with E-state index in [9.17, 15) is 9.59 Å². The monoisotopic (exact) mass is 360 g/mol. The number of nitrogens with one attached hydrogen (secondary N) is 1. The van der Waals surface area contributed by atoms with Crippen molar-refractivity contribution >= 4 is 34.0 Å². The fourth-order valence-corrected chi connectivity index (χ4v) is 3.57. The van der Waals surface area contributed by atoms with Crippen LogP contribution in [-0.2, 0) is 16.0 Å². The van der Waals surface area contributed by atoms with Crippen molar-refractivity contribution in [3.05, 3.63) is 29.3 Å². The number of methoxy groups -OCH3 is 1. The second-order valence-corrected chi connectivity index (χ2v) is 6.91. The van der Waals surface area contributed by atoms with Gasteiger partial charge in [-0.1, -0.05) is 18.3 Å². The number of hydrogen-bond donors (Lipinski definition) is 1. The van der Waals surface area contributed by atoms with Gasteiger partial charge in [0.25, 0.3) is 0 Å². The molecule has 0 saturated carbocycles. The van der Waals surface area contributed by atoms with E-state index in [0.717, 1.165) is 29.3 Å². The van der Waals surface area contributed by atoms with Crippen molar-refractivity contribution in [2.45, 2.75) is 26.2 Å². The maximum Gasteiger partial charge on any atom is 0.231 e. The van der Waals surface area contributed by atoms with Crippen LogP contribution in [0.3, 0.4) is 0 Å². The number of carbonyl (C=O) groups excluding carboxylic acids is 2. The fourth-order valence-electron chi connectivity index (χ4n) is 2.72. The first-order valence-corrected chi connectivity index (χ1v) is 9.00. The molecule has 0 bridgehead atoms. The summed E-state index contributed by atoms with van der Waals surface area (Å²) in [7, 11) is 1.59. The predicted octanol–water partition coefficient (Wildman–Crippen LogP) is 2.49. The van der Waals surface area contributed by atoms with Crippen LogP contribution in [0.25, 0.3) is 0 Å². The zero-order valence-electron chi connectivity index (χ0n) is 14.2. The Balaban J connectivity index is 1.63. The molecule has 1 aromatic carbocycles. The van der Waals surface area contributed by atoms with E-state index < -0.39 is 5.92 Å². The van der Waals surface area contributed by atoms with Crippen LogP contribution in [0.5, 0.6) is 5.75 Å². The molecule has 2 heterocycles. The molecule has 1 saturated heterocycles. The maximum absolute atomic E-state index is 12.4. The molecule has 3 rings (SSSR count). The minimum absolute atomic E-state index is 0.0609. The first kappa shape index (κ1) is 17.3. The number of carbonyl (C=O) groups is 2. The molecule has 1 fully saturated rings. The minimum Gasteiger partial charge on any atom is -0.497 e. The molecule has 0 radical (unpaired) electrons. The van der Waals surface area contributed by atoms with Gasteiger partial charge in [-0.3, -0.25) is 9.59 Å². The second kappa shape index (κ2) is 7.60. The summed E-state index contributed by atoms with van der Waals surface area (Å²) in [6.07, 6.45) is 2.02. The number of benzene rings is 1. The molecule has 0 aliphatic carbocycles. The molecule has 8 heteroatoms. The third kappa shape index (κ3) is 3.96. The van der Waals surface area contributed by atoms with E-state index in [4.69, 9.17) is 4.74 Å². The average molecular weight is 360 g/mol. The van der Waals surface area contributed by atoms with Crippen LogP contribution < -0.4 is 15.0 Å². The Bertz CT molecular complexity index is 760. The van der Waals surface area contributed by atoms with Gasteiger partial charge in [-0.2, -0.15) is 0 Å². The fraction of sp³-hybridized carbons (Fsp3) is 0.412. The lowest BCUT2D eigenvalue weighted by molar-refractivity contribution is -0.122. The van der Waals surface area contributed by atoms with Gasteiger partial charge in [0.15, 0.2) is 0 Å². The van der Waals surface area contributed by atoms with Crippen molar-refractivity contribution in [1.29, 1.82) is 0 Å². The van der Waals surface area contributed by atoms with Crippen LogP contribution >= 0.6 is 11.3 Å². The zero-order valence-corrected chi connectivity index (χ0v) is 15.0. The van der Waals surface area contributed by atoms with E-state index in [1.54, 1.807) is 24.1 Å². The maximum atomic E-state index is 12.4. The van der Waals surface area contributed by atoms with Crippen molar-refractivity contribution in [2.24, 2.45) is 5.92 Å². The summed E-state index contributed by atoms with van der Waals surface area (Å²) in [5.74, 6) is 0.0785. The van der Waals surface area contributed by atoms with Crippen LogP contribution in [0, 0.1) is 5.92 Å². The lowest BCUT2D eigenvalue weighted by Crippen LogP contribution is -2.28. The van der Waals surface area contributed by atoms with Gasteiger partial charge >= 0.3 is 0 Å². The second-order valence-electron chi connectivity index (χ2n) is 5.84. The topological polar surface area (TPSA) is 84.4 Å². The zero-order chi connectivity index (χ0) is 17.8. The first-order valence-electron chi connectivity index (χ1n) is 8.18. The predicted molar refractivity (Wildman–Crippen MR) is 96.0 cm³/mol. The molecule has 2 amide bonds. The molecule has 2 aromatic rings. The summed E-state index contributed by atoms with van der Waals surface area (Å²) < 4.78 is 5.12. The van der Waals surface area contributed by atoms with E-state index in [0.29, 0.717) is 11.7 Å². The lowest BCUT2D eigenvalue weighted by atomic mass is 10.1. The third-order valence-corrected chi connectivity index (χ3v) is 4.94. The largest absolute Gasteiger partial charge is 0.497 e. The molecule has 1 aliphatic heterocycles. The van der Waals surface area contributed by atoms with Gasteiger partial charge in [0.1, 0.15) is 10.8 Å². The summed E-state index contributed by atoms with van der Waals surface area (Å²) in [5.41, 5.74) is 0.766. The van der Waals surface area contributed by atoms with Crippen molar-refractivity contribution in [3.63, 3.8) is 0 Å². The Kier molecular flexibility index (Phi) is 5.28. The molecule has 0 spiro atoms. The smallest absolute Gasteiger partial charge is 0.231 e. The summed E-state index contributed by atoms with van der Waals surface area (Å²) in [6, 6.07) is 7.23. The van der Waals surface area contributed by atoms with E-state index in [2.05, 4.69) is 22.4 Å². The van der Waals surface area contributed by atoms with E-state index in [-0.39, 0.29) is 18.2 Å². The molecule has 1 atom stereocenters. The number of rotatable bonds is 6. The highest BCUT2D eigenvalue weighted by Gasteiger charge is 2.35. The van der Waals surface area contributed by atoms with Crippen molar-refractivity contribution in [3.8, 4) is 5.75 Å². The Morgan fingerprint density at radius 1 is 1.36 bits per heavy atom. The Morgan fingerprint density at radius 2 is 2.12 bits per heavy atom. The van der Waals surface area contributed by atoms with Crippen LogP contribution in [-0.4, -0.2) is 35.7 Å². The summed E-state index contributed by atoms with van der Waals surface area (Å²) in [5, 5.41) is 12.2. The summed E-state index contributed by atoms with van der Waals surface area (Å²) in [4.78, 5) is 26.3. The quantitative estimate of drug-likeness (QED) is 0.855. The summed E-state index contributed by atoms with van der Waals surface area (Å²) >= 11 is 1.38. The molecule has 1 aliphatic rings. The molecule has 25 heavy (non-hydrogen) atoms. The van der Waals surface area contributed by atoms with Gasteiger partial charge in [-0.05, 0) is 30.7 Å². The van der Waals surface area contributed by atoms with Crippen molar-refractivity contribution in [1.82, 2.24) is 10.2 Å². The van der Waals surface area contributed by atoms with Crippen LogP contribution in [0.15, 0.2) is 24.3 Å². The van der Waals surface area contributed by atoms with Gasteiger partial charge in [0.05, 0.1) is 13.0 Å². The van der Waals surface area contributed by atoms with E-state index in [1.165, 1.54) is 11.3 Å². The lowest BCUT2D eigenvalue weighted by Gasteiger charge is -2.16. The van der Waals surface area contributed by atoms with Crippen LogP contribution in [0.2, 0.25) is 0 Å². The molecule has 132 valence electrons. The van der Waals surface area contributed by atoms with Gasteiger partial charge in [-0.15, -0.1) is 10.2 Å². The van der Waals surface area contributed by atoms with Gasteiger partial charge in [0.2, 0.25) is 16.9 Å². The number of anilines is 2. The number of ether oxygens (including phenoxy) is 1. The van der Waals surface area contributed by atoms with E-state index in [1.807, 2.05) is 12.1 Å². The minimum atomic E-state index is -0.395. The standard InChI is InChI=1S/C17H20N4O3S/c1-3-4-14-19-20-17(25-14)18-16(23)11-9-15(22)21(10-11)12-5-7-13(24-2)8-6-12/h5-8,11H,3-4,9-10H2,1-2H3,(H,18,20,23)/t11-/m0/s1. The number of hydrogen-bond acceptors (Lipinski definition) is 6. The molecule has 1 aromatic heterocycles. The average Bonchev–Trinajstić information content (AvgIpc) is 3.22. The molecule has 7 nitrogen and oxygen atoms in total. The number of amides is 2. The Labute approximate surface area is 150 Å². The van der Waals surface area contributed by atoms with E-state index >= 15 is 0 Å². The molecule has 0 unspecified atom stereocenters. The Morgan fingerprint density at radius 3 is 2.80 bits per heavy atom. The third-order valence-electron chi connectivity index (χ3n) is 4.04. The Hall–Kier alpha value is -2.48. The highest BCUT2D eigenvalue weighted by molar-refractivity contribution is 7.15. The van der Waals surface area contributed by atoms with Crippen LogP contribution in [0.4, 0.5) is 10.8 Å². The SMILES string of the molecule is CCCc1nnc(NC(=O)[C@H]2CC(=O)N(c3ccc(OC)cc3)C2)s1. The number of nitrogens with zero attached hydrogens (tertiary/aromatic N) is 3. The molecular formula is C17H20N4O3S. The highest BCUT2D eigenvalue weighted by Crippen LogP contribution is 2.28. The van der Waals surface area contributed by atoms with Gasteiger partial charge in [0, 0.05) is 25.1 Å².